The van der Waals surface area contributed by atoms with Gasteiger partial charge in [0.25, 0.3) is 0 Å². The molecule has 6 heteroatoms. The second kappa shape index (κ2) is 14.0. The van der Waals surface area contributed by atoms with Crippen LogP contribution in [0.25, 0.3) is 22.3 Å². The van der Waals surface area contributed by atoms with Gasteiger partial charge in [0.1, 0.15) is 6.67 Å². The molecule has 0 fully saturated rings. The van der Waals surface area contributed by atoms with Gasteiger partial charge in [0.15, 0.2) is 0 Å². The number of aryl methyl sites for hydroxylation is 4. The fourth-order valence-electron chi connectivity index (χ4n) is 9.65. The third-order valence-electron chi connectivity index (χ3n) is 12.9. The third-order valence-corrected chi connectivity index (χ3v) is 12.9. The van der Waals surface area contributed by atoms with Crippen molar-refractivity contribution in [3.05, 3.63) is 189 Å². The Labute approximate surface area is 350 Å². The molecule has 7 aromatic rings. The summed E-state index contributed by atoms with van der Waals surface area (Å²) in [7, 11) is 0. The molecule has 0 aliphatic heterocycles. The molecule has 7 aromatic carbocycles. The molecule has 0 saturated heterocycles. The van der Waals surface area contributed by atoms with Gasteiger partial charge in [0, 0.05) is 45.0 Å². The quantitative estimate of drug-likeness (QED) is 0.148. The fourth-order valence-corrected chi connectivity index (χ4v) is 9.65. The third kappa shape index (κ3) is 6.31. The molecule has 0 atom stereocenters. The molecule has 0 aromatic heterocycles. The van der Waals surface area contributed by atoms with Gasteiger partial charge in [0.2, 0.25) is 0 Å². The summed E-state index contributed by atoms with van der Waals surface area (Å²) in [6.45, 7) is 17.2. The number of anilines is 6. The van der Waals surface area contributed by atoms with Crippen LogP contribution < -0.4 is 9.80 Å². The minimum absolute atomic E-state index is 0.316. The van der Waals surface area contributed by atoms with Crippen molar-refractivity contribution in [3.8, 4) is 22.3 Å². The Kier molecular flexibility index (Phi) is 9.16. The number of rotatable bonds is 7. The zero-order valence-corrected chi connectivity index (χ0v) is 35.3. The first kappa shape index (κ1) is 39.3. The number of benzene rings is 7. The second-order valence-corrected chi connectivity index (χ2v) is 17.8. The van der Waals surface area contributed by atoms with Gasteiger partial charge in [-0.2, -0.15) is 13.2 Å². The van der Waals surface area contributed by atoms with Crippen molar-refractivity contribution < 1.29 is 17.6 Å². The van der Waals surface area contributed by atoms with Crippen molar-refractivity contribution in [3.63, 3.8) is 0 Å². The summed E-state index contributed by atoms with van der Waals surface area (Å²) in [5, 5.41) is 0. The molecule has 0 saturated carbocycles. The lowest BCUT2D eigenvalue weighted by Gasteiger charge is -2.29. The van der Waals surface area contributed by atoms with E-state index >= 15 is 0 Å². The van der Waals surface area contributed by atoms with E-state index in [1.807, 2.05) is 55.5 Å². The van der Waals surface area contributed by atoms with Crippen molar-refractivity contribution in [1.82, 2.24) is 0 Å². The van der Waals surface area contributed by atoms with Gasteiger partial charge in [-0.3, -0.25) is 0 Å². The maximum atomic E-state index is 13.7. The van der Waals surface area contributed by atoms with E-state index in [9.17, 15) is 17.6 Å². The normalized spacial score (nSPS) is 14.3. The molecule has 0 bridgehead atoms. The molecule has 2 aliphatic rings. The topological polar surface area (TPSA) is 6.48 Å². The van der Waals surface area contributed by atoms with Crippen molar-refractivity contribution in [1.29, 1.82) is 0 Å². The van der Waals surface area contributed by atoms with Gasteiger partial charge in [-0.15, -0.1) is 0 Å². The van der Waals surface area contributed by atoms with Gasteiger partial charge in [-0.25, -0.2) is 4.39 Å². The molecule has 2 aliphatic carbocycles. The zero-order chi connectivity index (χ0) is 42.5. The SMILES string of the molecule is Cc1ccc(N(c2ccc(CF)cc2)c2cc(C)c3c(c2)C(C)(C)c2cc4c(cc2-3)C(C)(C)c2cc(N(c3ccc(C)cc3)c3ccc(C(F)(F)F)cc3)cc(C)c2-4)cc1. The zero-order valence-electron chi connectivity index (χ0n) is 35.3. The van der Waals surface area contributed by atoms with Gasteiger partial charge >= 0.3 is 6.18 Å². The molecule has 0 heterocycles. The Hall–Kier alpha value is -6.14. The first-order valence-electron chi connectivity index (χ1n) is 20.5. The van der Waals surface area contributed by atoms with Gasteiger partial charge in [-0.05, 0) is 186 Å². The van der Waals surface area contributed by atoms with Crippen LogP contribution in [-0.2, 0) is 23.7 Å². The Morgan fingerprint density at radius 1 is 0.433 bits per heavy atom. The molecule has 60 heavy (non-hydrogen) atoms. The molecule has 0 N–H and O–H groups in total. The number of hydrogen-bond acceptors (Lipinski definition) is 2. The minimum atomic E-state index is -4.42. The molecular formula is C54H48F4N2. The molecule has 0 spiro atoms. The average Bonchev–Trinajstić information content (AvgIpc) is 3.58. The second-order valence-electron chi connectivity index (χ2n) is 17.8. The van der Waals surface area contributed by atoms with E-state index in [2.05, 4.69) is 119 Å². The number of fused-ring (bicyclic) bond motifs is 6. The summed E-state index contributed by atoms with van der Waals surface area (Å²) >= 11 is 0. The molecule has 0 radical (unpaired) electrons. The number of hydrogen-bond donors (Lipinski definition) is 0. The molecule has 0 amide bonds. The van der Waals surface area contributed by atoms with E-state index in [0.717, 1.165) is 51.7 Å². The highest BCUT2D eigenvalue weighted by atomic mass is 19.4. The van der Waals surface area contributed by atoms with Crippen LogP contribution in [0.4, 0.5) is 51.7 Å². The van der Waals surface area contributed by atoms with Crippen molar-refractivity contribution in [2.75, 3.05) is 9.80 Å². The highest BCUT2D eigenvalue weighted by molar-refractivity contribution is 5.94. The molecule has 2 nitrogen and oxygen atoms in total. The Morgan fingerprint density at radius 2 is 0.783 bits per heavy atom. The van der Waals surface area contributed by atoms with E-state index in [-0.39, 0.29) is 10.8 Å². The van der Waals surface area contributed by atoms with E-state index in [1.165, 1.54) is 55.6 Å². The predicted molar refractivity (Wildman–Crippen MR) is 240 cm³/mol. The lowest BCUT2D eigenvalue weighted by molar-refractivity contribution is -0.137. The van der Waals surface area contributed by atoms with Crippen LogP contribution in [0.1, 0.15) is 83.3 Å². The van der Waals surface area contributed by atoms with Crippen LogP contribution >= 0.6 is 0 Å². The first-order valence-corrected chi connectivity index (χ1v) is 20.5. The van der Waals surface area contributed by atoms with E-state index < -0.39 is 18.4 Å². The number of halogens is 4. The Balaban J connectivity index is 1.16. The van der Waals surface area contributed by atoms with Crippen LogP contribution in [0.5, 0.6) is 0 Å². The highest BCUT2D eigenvalue weighted by Gasteiger charge is 2.43. The molecule has 0 unspecified atom stereocenters. The lowest BCUT2D eigenvalue weighted by atomic mass is 9.79. The molecule has 302 valence electrons. The summed E-state index contributed by atoms with van der Waals surface area (Å²) in [6, 6.07) is 43.7. The molecule has 9 rings (SSSR count). The average molecular weight is 801 g/mol. The monoisotopic (exact) mass is 800 g/mol. The maximum absolute atomic E-state index is 13.7. The van der Waals surface area contributed by atoms with Crippen LogP contribution in [0.3, 0.4) is 0 Å². The Bertz CT molecular complexity index is 2800. The largest absolute Gasteiger partial charge is 0.416 e. The fraction of sp³-hybridized carbons (Fsp3) is 0.222. The van der Waals surface area contributed by atoms with Gasteiger partial charge in [-0.1, -0.05) is 75.2 Å². The minimum Gasteiger partial charge on any atom is -0.310 e. The molecular weight excluding hydrogens is 753 g/mol. The number of alkyl halides is 4. The lowest BCUT2D eigenvalue weighted by Crippen LogP contribution is -2.18. The Morgan fingerprint density at radius 3 is 1.13 bits per heavy atom. The van der Waals surface area contributed by atoms with E-state index in [4.69, 9.17) is 0 Å². The van der Waals surface area contributed by atoms with Crippen molar-refractivity contribution in [2.45, 2.75) is 79.1 Å². The van der Waals surface area contributed by atoms with Crippen LogP contribution in [0.2, 0.25) is 0 Å². The highest BCUT2D eigenvalue weighted by Crippen LogP contribution is 2.59. The predicted octanol–water partition coefficient (Wildman–Crippen LogP) is 16.0. The van der Waals surface area contributed by atoms with Crippen LogP contribution in [0, 0.1) is 27.7 Å². The first-order chi connectivity index (χ1) is 28.5. The summed E-state index contributed by atoms with van der Waals surface area (Å²) in [4.78, 5) is 4.32. The number of nitrogens with zero attached hydrogens (tertiary/aromatic N) is 2. The van der Waals surface area contributed by atoms with Crippen LogP contribution in [0.15, 0.2) is 133 Å². The van der Waals surface area contributed by atoms with Gasteiger partial charge < -0.3 is 9.80 Å². The van der Waals surface area contributed by atoms with Crippen molar-refractivity contribution >= 4 is 34.1 Å². The van der Waals surface area contributed by atoms with E-state index in [1.54, 1.807) is 12.1 Å². The van der Waals surface area contributed by atoms with E-state index in [0.29, 0.717) is 11.3 Å². The summed E-state index contributed by atoms with van der Waals surface area (Å²) < 4.78 is 54.6. The van der Waals surface area contributed by atoms with Gasteiger partial charge in [0.05, 0.1) is 5.56 Å². The van der Waals surface area contributed by atoms with Crippen LogP contribution in [-0.4, -0.2) is 0 Å². The summed E-state index contributed by atoms with van der Waals surface area (Å²) in [5.74, 6) is 0. The smallest absolute Gasteiger partial charge is 0.310 e. The maximum Gasteiger partial charge on any atom is 0.416 e. The summed E-state index contributed by atoms with van der Waals surface area (Å²) in [5.41, 5.74) is 19.3. The van der Waals surface area contributed by atoms with Crippen molar-refractivity contribution in [2.24, 2.45) is 0 Å². The standard InChI is InChI=1S/C54H48F4N2/c1-32-9-17-38(18-10-32)59(40-21-13-36(31-55)14-22-40)42-25-34(3)50-44-29-47-45(30-46(44)52(5,6)48(50)27-42)51-35(4)26-43(28-49(51)53(47,7)8)60(39-19-11-33(2)12-20-39)41-23-15-37(16-24-41)54(56,57)58/h9-30H,31H2,1-8H3. The summed E-state index contributed by atoms with van der Waals surface area (Å²) in [6.07, 6.45) is -4.42.